The van der Waals surface area contributed by atoms with E-state index in [2.05, 4.69) is 0 Å². The Labute approximate surface area is 118 Å². The molecule has 118 valence electrons. The first-order chi connectivity index (χ1) is 9.44. The number of rotatable bonds is 4. The van der Waals surface area contributed by atoms with Crippen LogP contribution in [0.1, 0.15) is 44.9 Å². The molecule has 20 heavy (non-hydrogen) atoms. The Hall–Kier alpha value is -0.330. The van der Waals surface area contributed by atoms with Gasteiger partial charge in [0.05, 0.1) is 12.1 Å². The van der Waals surface area contributed by atoms with Crippen LogP contribution in [0.3, 0.4) is 0 Å². The summed E-state index contributed by atoms with van der Waals surface area (Å²) in [5, 5.41) is 0. The Kier molecular flexibility index (Phi) is 5.31. The van der Waals surface area contributed by atoms with Crippen molar-refractivity contribution in [2.45, 2.75) is 62.8 Å². The lowest BCUT2D eigenvalue weighted by molar-refractivity contribution is -0.169. The quantitative estimate of drug-likeness (QED) is 0.866. The molecule has 1 unspecified atom stereocenters. The molecule has 0 bridgehead atoms. The van der Waals surface area contributed by atoms with Crippen LogP contribution in [0, 0.1) is 0 Å². The van der Waals surface area contributed by atoms with Gasteiger partial charge in [0.1, 0.15) is 0 Å². The molecule has 2 fully saturated rings. The minimum atomic E-state index is -4.16. The summed E-state index contributed by atoms with van der Waals surface area (Å²) in [6.07, 6.45) is 2.70. The molecule has 0 aromatic rings. The van der Waals surface area contributed by atoms with E-state index in [1.54, 1.807) is 0 Å². The van der Waals surface area contributed by atoms with Crippen LogP contribution >= 0.6 is 0 Å². The molecule has 0 aromatic heterocycles. The van der Waals surface area contributed by atoms with E-state index >= 15 is 0 Å². The van der Waals surface area contributed by atoms with E-state index in [4.69, 9.17) is 10.5 Å². The zero-order valence-corrected chi connectivity index (χ0v) is 11.9. The van der Waals surface area contributed by atoms with E-state index in [1.807, 2.05) is 0 Å². The maximum absolute atomic E-state index is 12.7. The predicted octanol–water partition coefficient (Wildman–Crippen LogP) is 2.69. The third-order valence-electron chi connectivity index (χ3n) is 4.55. The van der Waals surface area contributed by atoms with Gasteiger partial charge in [-0.25, -0.2) is 0 Å². The molecule has 0 radical (unpaired) electrons. The van der Waals surface area contributed by atoms with Crippen LogP contribution in [0.5, 0.6) is 0 Å². The van der Waals surface area contributed by atoms with Gasteiger partial charge in [0, 0.05) is 25.7 Å². The summed E-state index contributed by atoms with van der Waals surface area (Å²) in [7, 11) is 0. The van der Waals surface area contributed by atoms with Gasteiger partial charge in [0.25, 0.3) is 0 Å². The standard InChI is InChI=1S/C14H25F3N2O/c15-14(16,17)11-19(8-7-18)12-4-9-20-13(10-12)5-2-1-3-6-13/h12H,1-11,18H2. The topological polar surface area (TPSA) is 38.5 Å². The zero-order chi connectivity index (χ0) is 14.6. The lowest BCUT2D eigenvalue weighted by Crippen LogP contribution is -2.52. The summed E-state index contributed by atoms with van der Waals surface area (Å²) in [4.78, 5) is 1.51. The van der Waals surface area contributed by atoms with E-state index in [9.17, 15) is 13.2 Å². The summed E-state index contributed by atoms with van der Waals surface area (Å²) in [5.74, 6) is 0. The van der Waals surface area contributed by atoms with Gasteiger partial charge < -0.3 is 10.5 Å². The summed E-state index contributed by atoms with van der Waals surface area (Å²) in [6.45, 7) is 0.287. The Balaban J connectivity index is 2.00. The molecule has 1 spiro atoms. The van der Waals surface area contributed by atoms with Crippen LogP contribution in [-0.2, 0) is 4.74 Å². The van der Waals surface area contributed by atoms with Crippen molar-refractivity contribution in [2.24, 2.45) is 5.73 Å². The number of alkyl halides is 3. The van der Waals surface area contributed by atoms with Crippen LogP contribution < -0.4 is 5.73 Å². The molecule has 1 atom stereocenters. The van der Waals surface area contributed by atoms with Gasteiger partial charge in [-0.1, -0.05) is 19.3 Å². The molecule has 1 heterocycles. The van der Waals surface area contributed by atoms with Gasteiger partial charge in [-0.05, 0) is 25.7 Å². The minimum absolute atomic E-state index is 0.0491. The summed E-state index contributed by atoms with van der Waals surface area (Å²) < 4.78 is 44.1. The first-order valence-corrected chi connectivity index (χ1v) is 7.59. The maximum atomic E-state index is 12.7. The average molecular weight is 294 g/mol. The summed E-state index contributed by atoms with van der Waals surface area (Å²) >= 11 is 0. The molecule has 1 aliphatic carbocycles. The second-order valence-electron chi connectivity index (χ2n) is 6.11. The molecular weight excluding hydrogens is 269 g/mol. The van der Waals surface area contributed by atoms with Crippen LogP contribution in [0.4, 0.5) is 13.2 Å². The van der Waals surface area contributed by atoms with E-state index in [0.29, 0.717) is 19.6 Å². The first-order valence-electron chi connectivity index (χ1n) is 7.59. The molecular formula is C14H25F3N2O. The van der Waals surface area contributed by atoms with Gasteiger partial charge in [0.2, 0.25) is 0 Å². The Bertz CT molecular complexity index is 298. The number of nitrogens with two attached hydrogens (primary N) is 1. The molecule has 1 saturated carbocycles. The van der Waals surface area contributed by atoms with Crippen molar-refractivity contribution >= 4 is 0 Å². The fourth-order valence-corrected chi connectivity index (χ4v) is 3.64. The highest BCUT2D eigenvalue weighted by atomic mass is 19.4. The van der Waals surface area contributed by atoms with E-state index in [-0.39, 0.29) is 18.2 Å². The molecule has 2 N–H and O–H groups in total. The van der Waals surface area contributed by atoms with Crippen LogP contribution in [0.25, 0.3) is 0 Å². The first kappa shape index (κ1) is 16.0. The summed E-state index contributed by atoms with van der Waals surface area (Å²) in [5.41, 5.74) is 5.32. The fraction of sp³-hybridized carbons (Fsp3) is 1.00. The Morgan fingerprint density at radius 2 is 1.90 bits per heavy atom. The third-order valence-corrected chi connectivity index (χ3v) is 4.55. The lowest BCUT2D eigenvalue weighted by Gasteiger charge is -2.46. The average Bonchev–Trinajstić information content (AvgIpc) is 2.38. The Morgan fingerprint density at radius 1 is 1.20 bits per heavy atom. The van der Waals surface area contributed by atoms with Crippen molar-refractivity contribution in [3.8, 4) is 0 Å². The molecule has 2 aliphatic rings. The van der Waals surface area contributed by atoms with Crippen molar-refractivity contribution in [3.05, 3.63) is 0 Å². The fourth-order valence-electron chi connectivity index (χ4n) is 3.64. The summed E-state index contributed by atoms with van der Waals surface area (Å²) in [6, 6.07) is -0.0491. The third kappa shape index (κ3) is 4.33. The van der Waals surface area contributed by atoms with E-state index < -0.39 is 12.7 Å². The monoisotopic (exact) mass is 294 g/mol. The van der Waals surface area contributed by atoms with E-state index in [1.165, 1.54) is 11.3 Å². The Morgan fingerprint density at radius 3 is 2.50 bits per heavy atom. The van der Waals surface area contributed by atoms with Crippen LogP contribution in [-0.4, -0.2) is 49.0 Å². The van der Waals surface area contributed by atoms with Crippen molar-refractivity contribution in [3.63, 3.8) is 0 Å². The highest BCUT2D eigenvalue weighted by molar-refractivity contribution is 4.93. The molecule has 1 aliphatic heterocycles. The van der Waals surface area contributed by atoms with Gasteiger partial charge in [0.15, 0.2) is 0 Å². The van der Waals surface area contributed by atoms with Crippen molar-refractivity contribution < 1.29 is 17.9 Å². The second kappa shape index (κ2) is 6.62. The minimum Gasteiger partial charge on any atom is -0.375 e. The number of nitrogens with zero attached hydrogens (tertiary/aromatic N) is 1. The van der Waals surface area contributed by atoms with Gasteiger partial charge >= 0.3 is 6.18 Å². The second-order valence-corrected chi connectivity index (χ2v) is 6.11. The highest BCUT2D eigenvalue weighted by Gasteiger charge is 2.42. The molecule has 6 heteroatoms. The van der Waals surface area contributed by atoms with Gasteiger partial charge in [-0.15, -0.1) is 0 Å². The normalized spacial score (nSPS) is 27.1. The van der Waals surface area contributed by atoms with Crippen LogP contribution in [0.2, 0.25) is 0 Å². The largest absolute Gasteiger partial charge is 0.401 e. The number of ether oxygens (including phenoxy) is 1. The predicted molar refractivity (Wildman–Crippen MR) is 71.5 cm³/mol. The highest BCUT2D eigenvalue weighted by Crippen LogP contribution is 2.40. The number of hydrogen-bond acceptors (Lipinski definition) is 3. The van der Waals surface area contributed by atoms with Crippen molar-refractivity contribution in [2.75, 3.05) is 26.2 Å². The molecule has 2 rings (SSSR count). The van der Waals surface area contributed by atoms with E-state index in [0.717, 1.165) is 32.1 Å². The lowest BCUT2D eigenvalue weighted by atomic mass is 9.78. The van der Waals surface area contributed by atoms with Crippen LogP contribution in [0.15, 0.2) is 0 Å². The van der Waals surface area contributed by atoms with Gasteiger partial charge in [-0.3, -0.25) is 4.90 Å². The molecule has 3 nitrogen and oxygen atoms in total. The van der Waals surface area contributed by atoms with Crippen molar-refractivity contribution in [1.29, 1.82) is 0 Å². The molecule has 0 amide bonds. The zero-order valence-electron chi connectivity index (χ0n) is 11.9. The van der Waals surface area contributed by atoms with Gasteiger partial charge in [-0.2, -0.15) is 13.2 Å². The number of hydrogen-bond donors (Lipinski definition) is 1. The maximum Gasteiger partial charge on any atom is 0.401 e. The SMILES string of the molecule is NCCN(CC(F)(F)F)C1CCOC2(CCCCC2)C1. The smallest absolute Gasteiger partial charge is 0.375 e. The number of halogens is 3. The van der Waals surface area contributed by atoms with Crippen molar-refractivity contribution in [1.82, 2.24) is 4.90 Å². The molecule has 0 aromatic carbocycles. The molecule has 1 saturated heterocycles.